The van der Waals surface area contributed by atoms with E-state index in [9.17, 15) is 4.79 Å². The first-order chi connectivity index (χ1) is 17.7. The number of amides is 1. The molecule has 0 saturated carbocycles. The van der Waals surface area contributed by atoms with Gasteiger partial charge in [-0.1, -0.05) is 54.6 Å². The van der Waals surface area contributed by atoms with E-state index in [-0.39, 0.29) is 5.91 Å². The Labute approximate surface area is 208 Å². The second-order valence-corrected chi connectivity index (χ2v) is 8.71. The van der Waals surface area contributed by atoms with Gasteiger partial charge in [-0.15, -0.1) is 5.10 Å². The van der Waals surface area contributed by atoms with Crippen molar-refractivity contribution in [3.05, 3.63) is 95.7 Å². The van der Waals surface area contributed by atoms with Crippen LogP contribution in [0.3, 0.4) is 0 Å². The SMILES string of the molecule is CC1=C(C(=O)Nc2ccccc2)C(c2ccc3c(c2)OCCCO3)n2nc(-c3ccccc3)nc2N1. The number of hydrogen-bond donors (Lipinski definition) is 2. The predicted molar refractivity (Wildman–Crippen MR) is 137 cm³/mol. The number of nitrogens with one attached hydrogen (secondary N) is 2. The van der Waals surface area contributed by atoms with Crippen LogP contribution in [0.25, 0.3) is 11.4 Å². The van der Waals surface area contributed by atoms with E-state index < -0.39 is 6.04 Å². The Kier molecular flexibility index (Phi) is 5.61. The number of fused-ring (bicyclic) bond motifs is 2. The fraction of sp³-hybridized carbons (Fsp3) is 0.179. The average molecular weight is 480 g/mol. The quantitative estimate of drug-likeness (QED) is 0.427. The largest absolute Gasteiger partial charge is 0.490 e. The Hall–Kier alpha value is -4.59. The van der Waals surface area contributed by atoms with Crippen molar-refractivity contribution >= 4 is 17.5 Å². The minimum Gasteiger partial charge on any atom is -0.490 e. The van der Waals surface area contributed by atoms with Crippen LogP contribution in [0.2, 0.25) is 0 Å². The zero-order valence-corrected chi connectivity index (χ0v) is 19.8. The van der Waals surface area contributed by atoms with Gasteiger partial charge in [-0.25, -0.2) is 4.68 Å². The number of carbonyl (C=O) groups is 1. The highest BCUT2D eigenvalue weighted by Gasteiger charge is 2.35. The van der Waals surface area contributed by atoms with Gasteiger partial charge in [-0.05, 0) is 36.8 Å². The zero-order valence-electron chi connectivity index (χ0n) is 19.8. The second-order valence-electron chi connectivity index (χ2n) is 8.71. The summed E-state index contributed by atoms with van der Waals surface area (Å²) in [7, 11) is 0. The number of aromatic nitrogens is 3. The number of ether oxygens (including phenoxy) is 2. The summed E-state index contributed by atoms with van der Waals surface area (Å²) in [5.41, 5.74) is 3.72. The maximum atomic E-state index is 13.7. The molecule has 0 bridgehead atoms. The number of benzene rings is 3. The van der Waals surface area contributed by atoms with Crippen LogP contribution in [-0.2, 0) is 4.79 Å². The molecule has 1 atom stereocenters. The molecule has 2 aliphatic rings. The summed E-state index contributed by atoms with van der Waals surface area (Å²) in [6, 6.07) is 24.5. The Bertz CT molecular complexity index is 1450. The molecule has 8 nitrogen and oxygen atoms in total. The van der Waals surface area contributed by atoms with Gasteiger partial charge in [-0.2, -0.15) is 4.98 Å². The summed E-state index contributed by atoms with van der Waals surface area (Å²) in [6.45, 7) is 3.07. The van der Waals surface area contributed by atoms with Crippen LogP contribution in [0, 0.1) is 0 Å². The van der Waals surface area contributed by atoms with E-state index in [1.54, 1.807) is 4.68 Å². The van der Waals surface area contributed by atoms with Crippen molar-refractivity contribution < 1.29 is 14.3 Å². The summed E-state index contributed by atoms with van der Waals surface area (Å²) in [5, 5.41) is 11.2. The number of anilines is 2. The number of hydrogen-bond acceptors (Lipinski definition) is 6. The molecule has 8 heteroatoms. The molecule has 0 fully saturated rings. The van der Waals surface area contributed by atoms with Crippen LogP contribution in [0.4, 0.5) is 11.6 Å². The van der Waals surface area contributed by atoms with Crippen molar-refractivity contribution in [3.8, 4) is 22.9 Å². The molecule has 180 valence electrons. The molecule has 0 radical (unpaired) electrons. The van der Waals surface area contributed by atoms with Gasteiger partial charge in [0.05, 0.1) is 18.8 Å². The summed E-state index contributed by atoms with van der Waals surface area (Å²) < 4.78 is 13.6. The molecule has 1 aromatic heterocycles. The lowest BCUT2D eigenvalue weighted by Gasteiger charge is -2.29. The van der Waals surface area contributed by atoms with E-state index in [0.717, 1.165) is 23.2 Å². The molecular formula is C28H25N5O3. The standard InChI is InChI=1S/C28H25N5O3/c1-18-24(27(34)30-21-11-6-3-7-12-21)25(20-13-14-22-23(17-20)36-16-8-15-35-22)33-28(29-18)31-26(32-33)19-9-4-2-5-10-19/h2-7,9-14,17,25H,8,15-16H2,1H3,(H,30,34)(H,29,31,32). The average Bonchev–Trinajstić information content (AvgIpc) is 3.18. The van der Waals surface area contributed by atoms with Crippen LogP contribution in [0.5, 0.6) is 11.5 Å². The maximum absolute atomic E-state index is 13.7. The lowest BCUT2D eigenvalue weighted by Crippen LogP contribution is -2.31. The van der Waals surface area contributed by atoms with Gasteiger partial charge in [0.1, 0.15) is 6.04 Å². The third kappa shape index (κ3) is 4.07. The third-order valence-electron chi connectivity index (χ3n) is 6.25. The Morgan fingerprint density at radius 2 is 1.69 bits per heavy atom. The molecule has 4 aromatic rings. The summed E-state index contributed by atoms with van der Waals surface area (Å²) in [4.78, 5) is 18.4. The minimum atomic E-state index is -0.521. The Morgan fingerprint density at radius 1 is 0.972 bits per heavy atom. The molecule has 36 heavy (non-hydrogen) atoms. The van der Waals surface area contributed by atoms with E-state index in [1.807, 2.05) is 85.8 Å². The van der Waals surface area contributed by atoms with Crippen LogP contribution in [-0.4, -0.2) is 33.9 Å². The van der Waals surface area contributed by atoms with Gasteiger partial charge in [-0.3, -0.25) is 4.79 Å². The molecule has 2 aliphatic heterocycles. The summed E-state index contributed by atoms with van der Waals surface area (Å²) in [6.07, 6.45) is 0.814. The second kappa shape index (κ2) is 9.22. The smallest absolute Gasteiger partial charge is 0.255 e. The zero-order chi connectivity index (χ0) is 24.5. The lowest BCUT2D eigenvalue weighted by molar-refractivity contribution is -0.113. The first kappa shape index (κ1) is 21.9. The molecule has 3 heterocycles. The van der Waals surface area contributed by atoms with E-state index in [0.29, 0.717) is 47.8 Å². The monoisotopic (exact) mass is 479 g/mol. The van der Waals surface area contributed by atoms with Gasteiger partial charge in [0.15, 0.2) is 17.3 Å². The Balaban J connectivity index is 1.46. The number of carbonyl (C=O) groups excluding carboxylic acids is 1. The van der Waals surface area contributed by atoms with Gasteiger partial charge >= 0.3 is 0 Å². The van der Waals surface area contributed by atoms with Crippen LogP contribution in [0.15, 0.2) is 90.1 Å². The number of para-hydroxylation sites is 1. The van der Waals surface area contributed by atoms with Crippen LogP contribution in [0.1, 0.15) is 24.9 Å². The summed E-state index contributed by atoms with van der Waals surface area (Å²) in [5.74, 6) is 2.29. The van der Waals surface area contributed by atoms with E-state index >= 15 is 0 Å². The van der Waals surface area contributed by atoms with Crippen molar-refractivity contribution in [3.63, 3.8) is 0 Å². The Morgan fingerprint density at radius 3 is 2.47 bits per heavy atom. The molecule has 2 N–H and O–H groups in total. The van der Waals surface area contributed by atoms with Crippen molar-refractivity contribution in [2.45, 2.75) is 19.4 Å². The fourth-order valence-electron chi connectivity index (χ4n) is 4.53. The molecule has 3 aromatic carbocycles. The van der Waals surface area contributed by atoms with Crippen molar-refractivity contribution in [2.75, 3.05) is 23.8 Å². The van der Waals surface area contributed by atoms with Crippen molar-refractivity contribution in [1.82, 2.24) is 14.8 Å². The van der Waals surface area contributed by atoms with E-state index in [4.69, 9.17) is 19.6 Å². The minimum absolute atomic E-state index is 0.217. The van der Waals surface area contributed by atoms with Gasteiger partial charge in [0.25, 0.3) is 5.91 Å². The molecular weight excluding hydrogens is 454 g/mol. The first-order valence-electron chi connectivity index (χ1n) is 11.9. The predicted octanol–water partition coefficient (Wildman–Crippen LogP) is 5.03. The maximum Gasteiger partial charge on any atom is 0.255 e. The third-order valence-corrected chi connectivity index (χ3v) is 6.25. The van der Waals surface area contributed by atoms with Crippen LogP contribution >= 0.6 is 0 Å². The van der Waals surface area contributed by atoms with E-state index in [2.05, 4.69) is 10.6 Å². The topological polar surface area (TPSA) is 90.3 Å². The number of nitrogens with zero attached hydrogens (tertiary/aromatic N) is 3. The molecule has 1 unspecified atom stereocenters. The van der Waals surface area contributed by atoms with Crippen LogP contribution < -0.4 is 20.1 Å². The van der Waals surface area contributed by atoms with Gasteiger partial charge in [0.2, 0.25) is 5.95 Å². The molecule has 0 spiro atoms. The summed E-state index contributed by atoms with van der Waals surface area (Å²) >= 11 is 0. The van der Waals surface area contributed by atoms with Crippen molar-refractivity contribution in [1.29, 1.82) is 0 Å². The van der Waals surface area contributed by atoms with Gasteiger partial charge in [0, 0.05) is 23.4 Å². The highest BCUT2D eigenvalue weighted by molar-refractivity contribution is 6.06. The highest BCUT2D eigenvalue weighted by atomic mass is 16.5. The lowest BCUT2D eigenvalue weighted by atomic mass is 9.94. The molecule has 0 saturated heterocycles. The number of rotatable bonds is 4. The number of allylic oxidation sites excluding steroid dienone is 1. The molecule has 1 amide bonds. The van der Waals surface area contributed by atoms with Gasteiger partial charge < -0.3 is 20.1 Å². The first-order valence-corrected chi connectivity index (χ1v) is 11.9. The van der Waals surface area contributed by atoms with Crippen molar-refractivity contribution in [2.24, 2.45) is 0 Å². The fourth-order valence-corrected chi connectivity index (χ4v) is 4.53. The highest BCUT2D eigenvalue weighted by Crippen LogP contribution is 2.40. The molecule has 0 aliphatic carbocycles. The van der Waals surface area contributed by atoms with E-state index in [1.165, 1.54) is 0 Å². The normalized spacial score (nSPS) is 16.5. The molecule has 6 rings (SSSR count).